The molecule has 0 saturated carbocycles. The summed E-state index contributed by atoms with van der Waals surface area (Å²) in [4.78, 5) is 0. The Hall–Kier alpha value is -0.510. The molecule has 0 N–H and O–H groups in total. The van der Waals surface area contributed by atoms with Gasteiger partial charge in [-0.25, -0.2) is 4.68 Å². The van der Waals surface area contributed by atoms with Crippen LogP contribution < -0.4 is 4.74 Å². The second-order valence-corrected chi connectivity index (χ2v) is 4.76. The van der Waals surface area contributed by atoms with Gasteiger partial charge in [0.1, 0.15) is 0 Å². The van der Waals surface area contributed by atoms with E-state index in [9.17, 15) is 0 Å². The molecule has 2 rings (SSSR count). The molecule has 2 heterocycles. The summed E-state index contributed by atoms with van der Waals surface area (Å²) in [5.41, 5.74) is 0.193. The van der Waals surface area contributed by atoms with Crippen LogP contribution in [0.3, 0.4) is 0 Å². The fourth-order valence-electron chi connectivity index (χ4n) is 1.32. The maximum absolute atomic E-state index is 5.56. The lowest BCUT2D eigenvalue weighted by atomic mass is 9.94. The maximum atomic E-state index is 5.56. The molecule has 0 aliphatic carbocycles. The zero-order valence-electron chi connectivity index (χ0n) is 7.17. The number of hydrogen-bond acceptors (Lipinski definition) is 2. The van der Waals surface area contributed by atoms with E-state index >= 15 is 0 Å². The van der Waals surface area contributed by atoms with Gasteiger partial charge in [-0.05, 0) is 15.9 Å². The first-order valence-electron chi connectivity index (χ1n) is 3.93. The van der Waals surface area contributed by atoms with Crippen molar-refractivity contribution in [3.8, 4) is 5.88 Å². The summed E-state index contributed by atoms with van der Waals surface area (Å²) in [7, 11) is 0. The minimum Gasteiger partial charge on any atom is -0.476 e. The molecule has 0 spiro atoms. The fourth-order valence-corrected chi connectivity index (χ4v) is 1.73. The summed E-state index contributed by atoms with van der Waals surface area (Å²) < 4.78 is 8.40. The maximum Gasteiger partial charge on any atom is 0.226 e. The van der Waals surface area contributed by atoms with E-state index in [1.807, 2.05) is 4.68 Å². The first-order valence-corrected chi connectivity index (χ1v) is 4.72. The third kappa shape index (κ3) is 1.24. The molecule has 1 aromatic heterocycles. The molecule has 0 fully saturated rings. The molecule has 12 heavy (non-hydrogen) atoms. The van der Waals surface area contributed by atoms with Crippen LogP contribution in [-0.2, 0) is 6.54 Å². The van der Waals surface area contributed by atoms with Gasteiger partial charge in [0.05, 0.1) is 23.8 Å². The van der Waals surface area contributed by atoms with Crippen LogP contribution in [0.1, 0.15) is 13.8 Å². The predicted molar refractivity (Wildman–Crippen MR) is 49.2 cm³/mol. The fraction of sp³-hybridized carbons (Fsp3) is 0.625. The zero-order valence-corrected chi connectivity index (χ0v) is 8.76. The van der Waals surface area contributed by atoms with Crippen molar-refractivity contribution >= 4 is 15.9 Å². The highest BCUT2D eigenvalue weighted by atomic mass is 79.9. The van der Waals surface area contributed by atoms with E-state index in [0.29, 0.717) is 0 Å². The molecule has 0 unspecified atom stereocenters. The highest BCUT2D eigenvalue weighted by Crippen LogP contribution is 2.33. The van der Waals surface area contributed by atoms with Gasteiger partial charge in [-0.3, -0.25) is 0 Å². The van der Waals surface area contributed by atoms with E-state index in [1.165, 1.54) is 0 Å². The second-order valence-electron chi connectivity index (χ2n) is 3.91. The monoisotopic (exact) mass is 230 g/mol. The molecule has 66 valence electrons. The minimum atomic E-state index is 0.193. The highest BCUT2D eigenvalue weighted by molar-refractivity contribution is 9.10. The largest absolute Gasteiger partial charge is 0.476 e. The Morgan fingerprint density at radius 1 is 1.67 bits per heavy atom. The van der Waals surface area contributed by atoms with Crippen LogP contribution in [0.2, 0.25) is 0 Å². The quantitative estimate of drug-likeness (QED) is 0.683. The van der Waals surface area contributed by atoms with Crippen molar-refractivity contribution in [2.24, 2.45) is 5.41 Å². The molecule has 0 amide bonds. The molecule has 0 saturated heterocycles. The smallest absolute Gasteiger partial charge is 0.226 e. The zero-order chi connectivity index (χ0) is 8.77. The van der Waals surface area contributed by atoms with Crippen LogP contribution >= 0.6 is 15.9 Å². The van der Waals surface area contributed by atoms with Gasteiger partial charge in [0.2, 0.25) is 5.88 Å². The summed E-state index contributed by atoms with van der Waals surface area (Å²) in [5, 5.41) is 4.20. The highest BCUT2D eigenvalue weighted by Gasteiger charge is 2.28. The van der Waals surface area contributed by atoms with Gasteiger partial charge in [-0.2, -0.15) is 5.10 Å². The van der Waals surface area contributed by atoms with Crippen molar-refractivity contribution in [3.05, 3.63) is 10.7 Å². The minimum absolute atomic E-state index is 0.193. The summed E-state index contributed by atoms with van der Waals surface area (Å²) in [5.74, 6) is 0.856. The first-order chi connectivity index (χ1) is 5.58. The molecular formula is C8H11BrN2O. The summed E-state index contributed by atoms with van der Waals surface area (Å²) >= 11 is 3.38. The SMILES string of the molecule is CC1(C)COc2c(Br)cnn2C1. The van der Waals surface area contributed by atoms with Crippen LogP contribution in [0.15, 0.2) is 10.7 Å². The van der Waals surface area contributed by atoms with Crippen LogP contribution in [0.5, 0.6) is 5.88 Å². The summed E-state index contributed by atoms with van der Waals surface area (Å²) in [6.45, 7) is 6.03. The molecule has 0 bridgehead atoms. The molecule has 1 aliphatic heterocycles. The molecule has 0 radical (unpaired) electrons. The van der Waals surface area contributed by atoms with Crippen LogP contribution in [0, 0.1) is 5.41 Å². The lowest BCUT2D eigenvalue weighted by molar-refractivity contribution is 0.0996. The standard InChI is InChI=1S/C8H11BrN2O/c1-8(2)4-11-7(12-5-8)6(9)3-10-11/h3H,4-5H2,1-2H3. The van der Waals surface area contributed by atoms with Crippen molar-refractivity contribution < 1.29 is 4.74 Å². The molecule has 0 aromatic carbocycles. The lowest BCUT2D eigenvalue weighted by Crippen LogP contribution is -2.32. The number of rotatable bonds is 0. The molecule has 1 aromatic rings. The van der Waals surface area contributed by atoms with E-state index in [1.54, 1.807) is 6.20 Å². The van der Waals surface area contributed by atoms with Gasteiger partial charge < -0.3 is 4.74 Å². The van der Waals surface area contributed by atoms with Gasteiger partial charge in [0, 0.05) is 5.41 Å². The number of aromatic nitrogens is 2. The molecule has 4 heteroatoms. The van der Waals surface area contributed by atoms with E-state index in [2.05, 4.69) is 34.9 Å². The van der Waals surface area contributed by atoms with Crippen LogP contribution in [0.25, 0.3) is 0 Å². The number of ether oxygens (including phenoxy) is 1. The third-order valence-corrected chi connectivity index (χ3v) is 2.47. The van der Waals surface area contributed by atoms with Gasteiger partial charge in [-0.15, -0.1) is 0 Å². The van der Waals surface area contributed by atoms with Gasteiger partial charge >= 0.3 is 0 Å². The van der Waals surface area contributed by atoms with Crippen LogP contribution in [0.4, 0.5) is 0 Å². The predicted octanol–water partition coefficient (Wildman–Crippen LogP) is 2.06. The second kappa shape index (κ2) is 2.49. The summed E-state index contributed by atoms with van der Waals surface area (Å²) in [6, 6.07) is 0. The molecule has 1 aliphatic rings. The van der Waals surface area contributed by atoms with Crippen molar-refractivity contribution in [2.45, 2.75) is 20.4 Å². The third-order valence-electron chi connectivity index (χ3n) is 1.93. The number of halogens is 1. The number of hydrogen-bond donors (Lipinski definition) is 0. The van der Waals surface area contributed by atoms with Gasteiger partial charge in [-0.1, -0.05) is 13.8 Å². The van der Waals surface area contributed by atoms with Crippen molar-refractivity contribution in [3.63, 3.8) is 0 Å². The van der Waals surface area contributed by atoms with E-state index in [4.69, 9.17) is 4.74 Å². The molecular weight excluding hydrogens is 220 g/mol. The van der Waals surface area contributed by atoms with Crippen LogP contribution in [-0.4, -0.2) is 16.4 Å². The first kappa shape index (κ1) is 8.10. The summed E-state index contributed by atoms with van der Waals surface area (Å²) in [6.07, 6.45) is 1.77. The molecule has 3 nitrogen and oxygen atoms in total. The van der Waals surface area contributed by atoms with Crippen molar-refractivity contribution in [2.75, 3.05) is 6.61 Å². The Kier molecular flexibility index (Phi) is 1.68. The van der Waals surface area contributed by atoms with Gasteiger partial charge in [0.25, 0.3) is 0 Å². The van der Waals surface area contributed by atoms with Gasteiger partial charge in [0.15, 0.2) is 0 Å². The van der Waals surface area contributed by atoms with Crippen molar-refractivity contribution in [1.29, 1.82) is 0 Å². The Labute approximate surface area is 79.8 Å². The molecule has 0 atom stereocenters. The number of nitrogens with zero attached hydrogens (tertiary/aromatic N) is 2. The Morgan fingerprint density at radius 2 is 2.42 bits per heavy atom. The average molecular weight is 231 g/mol. The normalized spacial score (nSPS) is 19.9. The average Bonchev–Trinajstić information content (AvgIpc) is 2.30. The van der Waals surface area contributed by atoms with E-state index < -0.39 is 0 Å². The Morgan fingerprint density at radius 3 is 3.17 bits per heavy atom. The Balaban J connectivity index is 2.37. The Bertz CT molecular complexity index is 306. The van der Waals surface area contributed by atoms with Crippen molar-refractivity contribution in [1.82, 2.24) is 9.78 Å². The van der Waals surface area contributed by atoms with E-state index in [-0.39, 0.29) is 5.41 Å². The lowest BCUT2D eigenvalue weighted by Gasteiger charge is -2.30. The van der Waals surface area contributed by atoms with E-state index in [0.717, 1.165) is 23.5 Å². The number of fused-ring (bicyclic) bond motifs is 1. The topological polar surface area (TPSA) is 27.1 Å².